The van der Waals surface area contributed by atoms with Gasteiger partial charge in [-0.1, -0.05) is 48.9 Å². The molecule has 0 saturated carbocycles. The van der Waals surface area contributed by atoms with E-state index >= 15 is 0 Å². The molecule has 12 nitrogen and oxygen atoms in total. The van der Waals surface area contributed by atoms with E-state index in [1.54, 1.807) is 0 Å². The average Bonchev–Trinajstić information content (AvgIpc) is 2.81. The molecule has 0 saturated heterocycles. The van der Waals surface area contributed by atoms with Gasteiger partial charge in [-0.3, -0.25) is 0 Å². The van der Waals surface area contributed by atoms with E-state index in [1.165, 1.54) is 0 Å². The summed E-state index contributed by atoms with van der Waals surface area (Å²) in [5.41, 5.74) is 0.357. The molecule has 0 aliphatic carbocycles. The van der Waals surface area contributed by atoms with Crippen LogP contribution < -0.4 is 22.5 Å². The van der Waals surface area contributed by atoms with Crippen molar-refractivity contribution in [2.24, 2.45) is 10.4 Å². The zero-order valence-corrected chi connectivity index (χ0v) is 19.5. The highest BCUT2D eigenvalue weighted by Gasteiger charge is 2.15. The molecule has 0 fully saturated rings. The molecule has 0 aliphatic rings. The Labute approximate surface area is 192 Å². The first-order valence-electron chi connectivity index (χ1n) is 12.0. The lowest BCUT2D eigenvalue weighted by atomic mass is 10.2. The fourth-order valence-corrected chi connectivity index (χ4v) is 3.68. The van der Waals surface area contributed by atoms with Gasteiger partial charge in [-0.15, -0.1) is 0 Å². The van der Waals surface area contributed by atoms with Crippen molar-refractivity contribution in [3.05, 3.63) is 41.3 Å². The maximum absolute atomic E-state index is 12.9. The van der Waals surface area contributed by atoms with Gasteiger partial charge in [0.25, 0.3) is 0 Å². The molecule has 0 amide bonds. The van der Waals surface area contributed by atoms with E-state index in [9.17, 15) is 24.2 Å². The van der Waals surface area contributed by atoms with Gasteiger partial charge in [0.1, 0.15) is 0 Å². The normalized spacial score (nSPS) is 11.1. The molecule has 33 heavy (non-hydrogen) atoms. The van der Waals surface area contributed by atoms with Crippen LogP contribution >= 0.6 is 0 Å². The summed E-state index contributed by atoms with van der Waals surface area (Å²) in [4.78, 5) is 59.1. The third kappa shape index (κ3) is 10.8. The van der Waals surface area contributed by atoms with Crippen LogP contribution in [0.15, 0.2) is 24.7 Å². The van der Waals surface area contributed by atoms with Crippen molar-refractivity contribution >= 4 is 0 Å². The minimum atomic E-state index is -0.584. The number of nitroso groups, excluding NO2 is 2. The van der Waals surface area contributed by atoms with Crippen molar-refractivity contribution in [2.45, 2.75) is 96.7 Å². The molecule has 0 spiro atoms. The molecule has 1 heterocycles. The van der Waals surface area contributed by atoms with Crippen LogP contribution in [0.5, 0.6) is 0 Å². The molecular formula is C21H38N6O6. The topological polar surface area (TPSA) is 157 Å². The van der Waals surface area contributed by atoms with E-state index in [1.807, 2.05) is 0 Å². The Morgan fingerprint density at radius 1 is 0.545 bits per heavy atom. The zero-order valence-electron chi connectivity index (χ0n) is 19.5. The van der Waals surface area contributed by atoms with Crippen LogP contribution in [0.2, 0.25) is 0 Å². The lowest BCUT2D eigenvalue weighted by Gasteiger charge is -2.14. The Kier molecular flexibility index (Phi) is 15.6. The minimum Gasteiger partial charge on any atom is -0.317 e. The summed E-state index contributed by atoms with van der Waals surface area (Å²) in [6, 6.07) is 0. The number of unbranched alkanes of at least 4 members (excludes halogenated alkanes) is 9. The molecule has 0 radical (unpaired) electrons. The van der Waals surface area contributed by atoms with E-state index in [-0.39, 0.29) is 32.7 Å². The maximum atomic E-state index is 12.9. The maximum Gasteiger partial charge on any atom is 0.336 e. The first-order chi connectivity index (χ1) is 16.1. The van der Waals surface area contributed by atoms with Crippen LogP contribution in [-0.2, 0) is 19.6 Å². The molecular weight excluding hydrogens is 432 g/mol. The number of nitrogens with zero attached hydrogens (tertiary/aromatic N) is 5. The molecule has 1 rings (SSSR count). The monoisotopic (exact) mass is 470 g/mol. The van der Waals surface area contributed by atoms with E-state index in [0.29, 0.717) is 38.6 Å². The van der Waals surface area contributed by atoms with E-state index in [2.05, 4.69) is 15.8 Å². The fraction of sp³-hybridized carbons (Fsp3) is 0.857. The number of hydroxylamine groups is 1. The number of rotatable bonds is 21. The van der Waals surface area contributed by atoms with Crippen molar-refractivity contribution in [1.82, 2.24) is 19.2 Å². The molecule has 1 aromatic rings. The smallest absolute Gasteiger partial charge is 0.317 e. The Bertz CT molecular complexity index is 804. The van der Waals surface area contributed by atoms with Crippen LogP contribution in [0.4, 0.5) is 0 Å². The van der Waals surface area contributed by atoms with Crippen LogP contribution in [-0.4, -0.2) is 38.5 Å². The first-order valence-corrected chi connectivity index (χ1v) is 12.0. The van der Waals surface area contributed by atoms with Crippen molar-refractivity contribution in [1.29, 1.82) is 0 Å². The SMILES string of the molecule is O=NCCCCCCn1c(=O)n(CCCCCCN=O)c(=O)n(CCCCCCNO)c1=O. The van der Waals surface area contributed by atoms with Gasteiger partial charge in [-0.2, -0.15) is 9.81 Å². The standard InChI is InChI=1S/C21H38N6O6/c28-19-25(16-10-4-1-7-13-22-31)20(29)27(18-12-6-3-9-15-24-33)21(30)26(19)17-11-5-2-8-14-23-32/h22,31H,1-18H2. The third-order valence-corrected chi connectivity index (χ3v) is 5.57. The second kappa shape index (κ2) is 18.0. The molecule has 0 unspecified atom stereocenters. The number of hydrogen-bond acceptors (Lipinski definition) is 9. The minimum absolute atomic E-state index is 0.222. The second-order valence-electron chi connectivity index (χ2n) is 8.16. The lowest BCUT2D eigenvalue weighted by Crippen LogP contribution is -2.54. The number of hydrogen-bond donors (Lipinski definition) is 2. The molecule has 0 aromatic carbocycles. The van der Waals surface area contributed by atoms with Gasteiger partial charge in [0.2, 0.25) is 0 Å². The van der Waals surface area contributed by atoms with Gasteiger partial charge < -0.3 is 5.21 Å². The van der Waals surface area contributed by atoms with Crippen LogP contribution in [0.1, 0.15) is 77.0 Å². The third-order valence-electron chi connectivity index (χ3n) is 5.57. The number of nitrogens with one attached hydrogen (secondary N) is 1. The van der Waals surface area contributed by atoms with E-state index in [0.717, 1.165) is 58.6 Å². The summed E-state index contributed by atoms with van der Waals surface area (Å²) in [5.74, 6) is 0. The molecule has 0 aliphatic heterocycles. The second-order valence-corrected chi connectivity index (χ2v) is 8.16. The Morgan fingerprint density at radius 2 is 0.879 bits per heavy atom. The van der Waals surface area contributed by atoms with E-state index in [4.69, 9.17) is 5.21 Å². The largest absolute Gasteiger partial charge is 0.336 e. The summed E-state index contributed by atoms with van der Waals surface area (Å²) >= 11 is 0. The molecule has 0 bridgehead atoms. The summed E-state index contributed by atoms with van der Waals surface area (Å²) in [7, 11) is 0. The quantitative estimate of drug-likeness (QED) is 0.159. The highest BCUT2D eigenvalue weighted by Crippen LogP contribution is 2.03. The molecule has 188 valence electrons. The van der Waals surface area contributed by atoms with Gasteiger partial charge >= 0.3 is 17.1 Å². The van der Waals surface area contributed by atoms with Crippen molar-refractivity contribution in [3.8, 4) is 0 Å². The predicted octanol–water partition coefficient (Wildman–Crippen LogP) is 2.36. The highest BCUT2D eigenvalue weighted by molar-refractivity contribution is 4.79. The summed E-state index contributed by atoms with van der Waals surface area (Å²) in [6.07, 6.45) is 8.67. The Morgan fingerprint density at radius 3 is 1.21 bits per heavy atom. The predicted molar refractivity (Wildman–Crippen MR) is 126 cm³/mol. The highest BCUT2D eigenvalue weighted by atomic mass is 16.5. The summed E-state index contributed by atoms with van der Waals surface area (Å²) in [6.45, 7) is 1.69. The average molecular weight is 471 g/mol. The Balaban J connectivity index is 2.91. The lowest BCUT2D eigenvalue weighted by molar-refractivity contribution is 0.164. The van der Waals surface area contributed by atoms with Gasteiger partial charge in [-0.25, -0.2) is 33.6 Å². The molecule has 0 atom stereocenters. The summed E-state index contributed by atoms with van der Waals surface area (Å²) < 4.78 is 3.44. The van der Waals surface area contributed by atoms with Crippen LogP contribution in [0.3, 0.4) is 0 Å². The van der Waals surface area contributed by atoms with Gasteiger partial charge in [0, 0.05) is 26.2 Å². The van der Waals surface area contributed by atoms with Gasteiger partial charge in [-0.05, 0) is 38.5 Å². The van der Waals surface area contributed by atoms with Gasteiger partial charge in [0.05, 0.1) is 13.1 Å². The van der Waals surface area contributed by atoms with E-state index < -0.39 is 17.1 Å². The zero-order chi connectivity index (χ0) is 24.3. The molecule has 2 N–H and O–H groups in total. The first kappa shape index (κ1) is 28.6. The van der Waals surface area contributed by atoms with Crippen molar-refractivity contribution in [2.75, 3.05) is 19.6 Å². The van der Waals surface area contributed by atoms with Crippen molar-refractivity contribution in [3.63, 3.8) is 0 Å². The number of aromatic nitrogens is 3. The van der Waals surface area contributed by atoms with Gasteiger partial charge in [0.15, 0.2) is 0 Å². The molecule has 1 aromatic heterocycles. The fourth-order valence-electron chi connectivity index (χ4n) is 3.68. The Hall–Kier alpha value is -2.47. The molecule has 12 heteroatoms. The van der Waals surface area contributed by atoms with Crippen LogP contribution in [0, 0.1) is 9.81 Å². The summed E-state index contributed by atoms with van der Waals surface area (Å²) in [5, 5.41) is 14.3. The van der Waals surface area contributed by atoms with Crippen molar-refractivity contribution < 1.29 is 5.21 Å². The van der Waals surface area contributed by atoms with Crippen LogP contribution in [0.25, 0.3) is 0 Å².